The van der Waals surface area contributed by atoms with Gasteiger partial charge >= 0.3 is 0 Å². The van der Waals surface area contributed by atoms with Crippen molar-refractivity contribution in [2.24, 2.45) is 0 Å². The molecule has 3 nitrogen and oxygen atoms in total. The fraction of sp³-hybridized carbons (Fsp3) is 0.385. The number of benzene rings is 1. The predicted molar refractivity (Wildman–Crippen MR) is 59.7 cm³/mol. The molecule has 16 heavy (non-hydrogen) atoms. The zero-order valence-electron chi connectivity index (χ0n) is 9.19. The van der Waals surface area contributed by atoms with Gasteiger partial charge in [0.2, 0.25) is 0 Å². The SMILES string of the molecule is CCN1CC2CC(=O)c3cccc(c32)C1=O. The molecule has 3 heteroatoms. The Kier molecular flexibility index (Phi) is 1.90. The van der Waals surface area contributed by atoms with Crippen LogP contribution >= 0.6 is 0 Å². The highest BCUT2D eigenvalue weighted by Crippen LogP contribution is 2.39. The molecule has 2 aliphatic rings. The normalized spacial score (nSPS) is 22.6. The molecule has 1 aromatic carbocycles. The second-order valence-electron chi connectivity index (χ2n) is 4.43. The van der Waals surface area contributed by atoms with Crippen molar-refractivity contribution in [1.29, 1.82) is 0 Å². The fourth-order valence-corrected chi connectivity index (χ4v) is 2.82. The lowest BCUT2D eigenvalue weighted by Gasteiger charge is -2.31. The van der Waals surface area contributed by atoms with Crippen molar-refractivity contribution < 1.29 is 9.59 Å². The van der Waals surface area contributed by atoms with Crippen LogP contribution in [0.5, 0.6) is 0 Å². The van der Waals surface area contributed by atoms with E-state index >= 15 is 0 Å². The Morgan fingerprint density at radius 2 is 2.06 bits per heavy atom. The third kappa shape index (κ3) is 1.08. The third-order valence-corrected chi connectivity index (χ3v) is 3.59. The lowest BCUT2D eigenvalue weighted by atomic mass is 9.91. The van der Waals surface area contributed by atoms with Gasteiger partial charge in [-0.1, -0.05) is 12.1 Å². The minimum atomic E-state index is 0.0744. The quantitative estimate of drug-likeness (QED) is 0.716. The van der Waals surface area contributed by atoms with Crippen LogP contribution in [-0.2, 0) is 0 Å². The number of hydrogen-bond donors (Lipinski definition) is 0. The van der Waals surface area contributed by atoms with Gasteiger partial charge in [0, 0.05) is 36.6 Å². The largest absolute Gasteiger partial charge is 0.338 e. The zero-order valence-corrected chi connectivity index (χ0v) is 9.19. The van der Waals surface area contributed by atoms with Crippen molar-refractivity contribution in [1.82, 2.24) is 4.90 Å². The van der Waals surface area contributed by atoms with E-state index in [2.05, 4.69) is 0 Å². The fourth-order valence-electron chi connectivity index (χ4n) is 2.82. The summed E-state index contributed by atoms with van der Waals surface area (Å²) in [5, 5.41) is 0. The van der Waals surface area contributed by atoms with Gasteiger partial charge in [-0.3, -0.25) is 9.59 Å². The van der Waals surface area contributed by atoms with Gasteiger partial charge in [0.25, 0.3) is 5.91 Å². The summed E-state index contributed by atoms with van der Waals surface area (Å²) in [4.78, 5) is 25.7. The molecule has 1 aromatic rings. The maximum Gasteiger partial charge on any atom is 0.254 e. The highest BCUT2D eigenvalue weighted by molar-refractivity contribution is 6.07. The number of rotatable bonds is 1. The lowest BCUT2D eigenvalue weighted by molar-refractivity contribution is 0.0727. The van der Waals surface area contributed by atoms with Crippen molar-refractivity contribution >= 4 is 11.7 Å². The van der Waals surface area contributed by atoms with Crippen molar-refractivity contribution in [2.75, 3.05) is 13.1 Å². The summed E-state index contributed by atoms with van der Waals surface area (Å²) in [7, 11) is 0. The molecule has 1 atom stereocenters. The van der Waals surface area contributed by atoms with Gasteiger partial charge in [0.1, 0.15) is 0 Å². The maximum atomic E-state index is 12.1. The molecule has 1 unspecified atom stereocenters. The van der Waals surface area contributed by atoms with Gasteiger partial charge in [-0.25, -0.2) is 0 Å². The van der Waals surface area contributed by atoms with Crippen LogP contribution in [0.15, 0.2) is 18.2 Å². The van der Waals surface area contributed by atoms with E-state index < -0.39 is 0 Å². The zero-order chi connectivity index (χ0) is 11.3. The highest BCUT2D eigenvalue weighted by Gasteiger charge is 2.38. The molecule has 1 aliphatic heterocycles. The number of nitrogens with zero attached hydrogens (tertiary/aromatic N) is 1. The van der Waals surface area contributed by atoms with Gasteiger partial charge in [0.15, 0.2) is 5.78 Å². The molecule has 82 valence electrons. The molecule has 0 fully saturated rings. The summed E-state index contributed by atoms with van der Waals surface area (Å²) in [6.07, 6.45) is 0.566. The summed E-state index contributed by atoms with van der Waals surface area (Å²) in [6.45, 7) is 3.39. The van der Waals surface area contributed by atoms with E-state index in [1.54, 1.807) is 0 Å². The molecule has 0 bridgehead atoms. The monoisotopic (exact) mass is 215 g/mol. The van der Waals surface area contributed by atoms with E-state index in [1.807, 2.05) is 30.0 Å². The summed E-state index contributed by atoms with van der Waals surface area (Å²) in [6, 6.07) is 5.50. The Morgan fingerprint density at radius 3 is 2.81 bits per heavy atom. The van der Waals surface area contributed by atoms with Crippen LogP contribution in [0.4, 0.5) is 0 Å². The average molecular weight is 215 g/mol. The Hall–Kier alpha value is -1.64. The Balaban J connectivity index is 2.20. The number of Topliss-reactive ketones (excluding diaryl/α,β-unsaturated/α-hetero) is 1. The summed E-state index contributed by atoms with van der Waals surface area (Å²) < 4.78 is 0. The molecular weight excluding hydrogens is 202 g/mol. The van der Waals surface area contributed by atoms with Crippen LogP contribution in [-0.4, -0.2) is 29.7 Å². The van der Waals surface area contributed by atoms with Crippen molar-refractivity contribution in [2.45, 2.75) is 19.3 Å². The van der Waals surface area contributed by atoms with E-state index in [0.29, 0.717) is 19.5 Å². The van der Waals surface area contributed by atoms with Crippen LogP contribution in [0.1, 0.15) is 45.5 Å². The molecule has 0 radical (unpaired) electrons. The first-order valence-corrected chi connectivity index (χ1v) is 5.67. The van der Waals surface area contributed by atoms with Crippen molar-refractivity contribution in [3.05, 3.63) is 34.9 Å². The first-order valence-electron chi connectivity index (χ1n) is 5.67. The molecular formula is C13H13NO2. The van der Waals surface area contributed by atoms with Gasteiger partial charge in [-0.2, -0.15) is 0 Å². The van der Waals surface area contributed by atoms with Crippen molar-refractivity contribution in [3.63, 3.8) is 0 Å². The minimum absolute atomic E-state index is 0.0744. The van der Waals surface area contributed by atoms with Crippen LogP contribution < -0.4 is 0 Å². The number of hydrogen-bond acceptors (Lipinski definition) is 2. The Labute approximate surface area is 94.1 Å². The van der Waals surface area contributed by atoms with Crippen LogP contribution in [0.3, 0.4) is 0 Å². The molecule has 0 saturated carbocycles. The number of ketones is 1. The van der Waals surface area contributed by atoms with E-state index in [0.717, 1.165) is 16.7 Å². The highest BCUT2D eigenvalue weighted by atomic mass is 16.2. The molecule has 0 aromatic heterocycles. The van der Waals surface area contributed by atoms with Crippen LogP contribution in [0, 0.1) is 0 Å². The lowest BCUT2D eigenvalue weighted by Crippen LogP contribution is -2.38. The molecule has 1 amide bonds. The average Bonchev–Trinajstić information content (AvgIpc) is 2.62. The molecule has 0 spiro atoms. The summed E-state index contributed by atoms with van der Waals surface area (Å²) in [5.41, 5.74) is 2.51. The van der Waals surface area contributed by atoms with E-state index in [1.165, 1.54) is 0 Å². The van der Waals surface area contributed by atoms with Crippen molar-refractivity contribution in [3.8, 4) is 0 Å². The van der Waals surface area contributed by atoms with Crippen LogP contribution in [0.2, 0.25) is 0 Å². The molecule has 1 heterocycles. The molecule has 1 aliphatic carbocycles. The molecule has 0 N–H and O–H groups in total. The van der Waals surface area contributed by atoms with Gasteiger partial charge in [-0.15, -0.1) is 0 Å². The number of carbonyl (C=O) groups is 2. The van der Waals surface area contributed by atoms with Gasteiger partial charge in [0.05, 0.1) is 0 Å². The Morgan fingerprint density at radius 1 is 1.31 bits per heavy atom. The van der Waals surface area contributed by atoms with Gasteiger partial charge < -0.3 is 4.90 Å². The number of amides is 1. The number of carbonyl (C=O) groups excluding carboxylic acids is 2. The Bertz CT molecular complexity index is 493. The first kappa shape index (κ1) is 9.58. The van der Waals surface area contributed by atoms with E-state index in [-0.39, 0.29) is 17.6 Å². The first-order chi connectivity index (χ1) is 7.72. The second kappa shape index (κ2) is 3.17. The summed E-state index contributed by atoms with van der Waals surface area (Å²) in [5.74, 6) is 0.495. The van der Waals surface area contributed by atoms with E-state index in [9.17, 15) is 9.59 Å². The van der Waals surface area contributed by atoms with Crippen LogP contribution in [0.25, 0.3) is 0 Å². The predicted octanol–water partition coefficient (Wildman–Crippen LogP) is 1.83. The maximum absolute atomic E-state index is 12.1. The minimum Gasteiger partial charge on any atom is -0.338 e. The summed E-state index contributed by atoms with van der Waals surface area (Å²) >= 11 is 0. The topological polar surface area (TPSA) is 37.4 Å². The second-order valence-corrected chi connectivity index (χ2v) is 4.43. The smallest absolute Gasteiger partial charge is 0.254 e. The standard InChI is InChI=1S/C13H13NO2/c1-2-14-7-8-6-11(15)9-4-3-5-10(12(8)9)13(14)16/h3-5,8H,2,6-7H2,1H3. The molecule has 3 rings (SSSR count). The van der Waals surface area contributed by atoms with E-state index in [4.69, 9.17) is 0 Å². The molecule has 0 saturated heterocycles. The van der Waals surface area contributed by atoms with Gasteiger partial charge in [-0.05, 0) is 18.6 Å². The number of likely N-dealkylation sites (N-methyl/N-ethyl adjacent to an activating group) is 1. The third-order valence-electron chi connectivity index (χ3n) is 3.59.